The van der Waals surface area contributed by atoms with Gasteiger partial charge in [0, 0.05) is 10.6 Å². The summed E-state index contributed by atoms with van der Waals surface area (Å²) in [5.41, 5.74) is 3.28. The molecule has 0 spiro atoms. The summed E-state index contributed by atoms with van der Waals surface area (Å²) in [5.74, 6) is -0.516. The molecule has 0 fully saturated rings. The van der Waals surface area contributed by atoms with E-state index < -0.39 is 12.6 Å². The molecule has 0 bridgehead atoms. The van der Waals surface area contributed by atoms with Crippen molar-refractivity contribution in [3.8, 4) is 11.4 Å². The molecule has 1 aromatic heterocycles. The van der Waals surface area contributed by atoms with E-state index in [1.165, 1.54) is 4.73 Å². The van der Waals surface area contributed by atoms with Crippen LogP contribution in [0.3, 0.4) is 0 Å². The van der Waals surface area contributed by atoms with Gasteiger partial charge in [0.05, 0.1) is 5.52 Å². The van der Waals surface area contributed by atoms with Crippen LogP contribution < -0.4 is 4.84 Å². The van der Waals surface area contributed by atoms with E-state index in [2.05, 4.69) is 4.98 Å². The van der Waals surface area contributed by atoms with Crippen LogP contribution in [0.1, 0.15) is 5.56 Å². The Morgan fingerprint density at radius 1 is 1.27 bits per heavy atom. The van der Waals surface area contributed by atoms with E-state index in [9.17, 15) is 4.79 Å². The molecule has 5 nitrogen and oxygen atoms in total. The van der Waals surface area contributed by atoms with Crippen LogP contribution in [0.4, 0.5) is 0 Å². The second-order valence-corrected chi connectivity index (χ2v) is 5.33. The van der Waals surface area contributed by atoms with Crippen LogP contribution in [-0.2, 0) is 4.79 Å². The number of carboxylic acids is 1. The fourth-order valence-electron chi connectivity index (χ4n) is 2.16. The van der Waals surface area contributed by atoms with Crippen molar-refractivity contribution in [2.75, 3.05) is 6.61 Å². The minimum Gasteiger partial charge on any atom is -0.479 e. The number of aliphatic carboxylic acids is 1. The molecule has 0 aliphatic rings. The quantitative estimate of drug-likeness (QED) is 0.803. The van der Waals surface area contributed by atoms with Gasteiger partial charge in [-0.1, -0.05) is 41.4 Å². The van der Waals surface area contributed by atoms with Gasteiger partial charge in [-0.15, -0.1) is 0 Å². The Morgan fingerprint density at radius 3 is 2.68 bits per heavy atom. The van der Waals surface area contributed by atoms with Gasteiger partial charge in [0.25, 0.3) is 0 Å². The van der Waals surface area contributed by atoms with Gasteiger partial charge in [-0.2, -0.15) is 4.73 Å². The van der Waals surface area contributed by atoms with Crippen LogP contribution in [0, 0.1) is 6.92 Å². The Bertz CT molecular complexity index is 840. The van der Waals surface area contributed by atoms with Crippen molar-refractivity contribution in [1.82, 2.24) is 9.71 Å². The van der Waals surface area contributed by atoms with Crippen molar-refractivity contribution in [3.63, 3.8) is 0 Å². The minimum absolute atomic E-state index is 0.461. The second-order valence-electron chi connectivity index (χ2n) is 4.90. The zero-order valence-corrected chi connectivity index (χ0v) is 12.5. The molecule has 0 unspecified atom stereocenters. The number of aromatic nitrogens is 2. The highest BCUT2D eigenvalue weighted by Crippen LogP contribution is 2.26. The van der Waals surface area contributed by atoms with Crippen molar-refractivity contribution in [2.24, 2.45) is 0 Å². The number of halogens is 1. The number of hydrogen-bond donors (Lipinski definition) is 1. The first-order chi connectivity index (χ1) is 10.5. The zero-order chi connectivity index (χ0) is 15.7. The van der Waals surface area contributed by atoms with Gasteiger partial charge < -0.3 is 9.94 Å². The molecular weight excluding hydrogens is 304 g/mol. The highest BCUT2D eigenvalue weighted by atomic mass is 35.5. The summed E-state index contributed by atoms with van der Waals surface area (Å²) in [6.45, 7) is 1.53. The van der Waals surface area contributed by atoms with E-state index >= 15 is 0 Å². The monoisotopic (exact) mass is 316 g/mol. The van der Waals surface area contributed by atoms with Crippen molar-refractivity contribution in [2.45, 2.75) is 6.92 Å². The van der Waals surface area contributed by atoms with Crippen LogP contribution in [-0.4, -0.2) is 27.4 Å². The lowest BCUT2D eigenvalue weighted by molar-refractivity contribution is -0.142. The molecule has 3 rings (SSSR count). The highest BCUT2D eigenvalue weighted by Gasteiger charge is 2.15. The number of aryl methyl sites for hydroxylation is 1. The van der Waals surface area contributed by atoms with Gasteiger partial charge in [-0.3, -0.25) is 0 Å². The summed E-state index contributed by atoms with van der Waals surface area (Å²) < 4.78 is 1.42. The Labute approximate surface area is 131 Å². The van der Waals surface area contributed by atoms with Crippen LogP contribution in [0.5, 0.6) is 0 Å². The van der Waals surface area contributed by atoms with Crippen molar-refractivity contribution < 1.29 is 14.7 Å². The van der Waals surface area contributed by atoms with E-state index in [-0.39, 0.29) is 0 Å². The molecule has 6 heteroatoms. The molecular formula is C16H13ClN2O3. The van der Waals surface area contributed by atoms with Gasteiger partial charge in [0.15, 0.2) is 5.82 Å². The standard InChI is InChI=1S/C16H13ClN2O3/c1-10-2-4-11(5-3-10)16-18-13-7-6-12(17)8-14(13)19(16)22-9-15(20)21/h2-8H,9H2,1H3,(H,20,21). The summed E-state index contributed by atoms with van der Waals surface area (Å²) in [6, 6.07) is 13.0. The van der Waals surface area contributed by atoms with Gasteiger partial charge in [0.2, 0.25) is 6.61 Å². The fraction of sp³-hybridized carbons (Fsp3) is 0.125. The lowest BCUT2D eigenvalue weighted by Gasteiger charge is -2.09. The summed E-state index contributed by atoms with van der Waals surface area (Å²) in [5, 5.41) is 9.38. The predicted octanol–water partition coefficient (Wildman–Crippen LogP) is 3.18. The average Bonchev–Trinajstić information content (AvgIpc) is 2.83. The third-order valence-electron chi connectivity index (χ3n) is 3.20. The number of imidazole rings is 1. The number of hydrogen-bond acceptors (Lipinski definition) is 3. The zero-order valence-electron chi connectivity index (χ0n) is 11.8. The van der Waals surface area contributed by atoms with E-state index in [1.54, 1.807) is 18.2 Å². The second kappa shape index (κ2) is 5.69. The van der Waals surface area contributed by atoms with E-state index in [1.807, 2.05) is 31.2 Å². The molecule has 3 aromatic rings. The van der Waals surface area contributed by atoms with Crippen LogP contribution in [0.15, 0.2) is 42.5 Å². The predicted molar refractivity (Wildman–Crippen MR) is 84.0 cm³/mol. The number of fused-ring (bicyclic) bond motifs is 1. The average molecular weight is 317 g/mol. The van der Waals surface area contributed by atoms with E-state index in [0.29, 0.717) is 21.9 Å². The lowest BCUT2D eigenvalue weighted by atomic mass is 10.1. The molecule has 2 aromatic carbocycles. The number of benzene rings is 2. The third-order valence-corrected chi connectivity index (χ3v) is 3.44. The fourth-order valence-corrected chi connectivity index (χ4v) is 2.33. The van der Waals surface area contributed by atoms with Crippen LogP contribution in [0.2, 0.25) is 5.02 Å². The first-order valence-electron chi connectivity index (χ1n) is 6.65. The maximum atomic E-state index is 10.8. The van der Waals surface area contributed by atoms with Crippen molar-refractivity contribution in [1.29, 1.82) is 0 Å². The summed E-state index contributed by atoms with van der Waals surface area (Å²) in [4.78, 5) is 20.7. The third kappa shape index (κ3) is 2.76. The first kappa shape index (κ1) is 14.4. The number of rotatable bonds is 4. The van der Waals surface area contributed by atoms with Crippen molar-refractivity contribution in [3.05, 3.63) is 53.1 Å². The van der Waals surface area contributed by atoms with Crippen LogP contribution in [0.25, 0.3) is 22.4 Å². The molecule has 22 heavy (non-hydrogen) atoms. The molecule has 112 valence electrons. The molecule has 1 heterocycles. The smallest absolute Gasteiger partial charge is 0.344 e. The Hall–Kier alpha value is -2.53. The summed E-state index contributed by atoms with van der Waals surface area (Å²) in [6.07, 6.45) is 0. The Balaban J connectivity index is 2.16. The molecule has 0 aliphatic carbocycles. The molecule has 1 N–H and O–H groups in total. The number of carboxylic acid groups (broad SMARTS) is 1. The van der Waals surface area contributed by atoms with Gasteiger partial charge in [-0.25, -0.2) is 9.78 Å². The Morgan fingerprint density at radius 2 is 2.00 bits per heavy atom. The van der Waals surface area contributed by atoms with Gasteiger partial charge in [0.1, 0.15) is 5.52 Å². The van der Waals surface area contributed by atoms with Crippen LogP contribution >= 0.6 is 11.6 Å². The summed E-state index contributed by atoms with van der Waals surface area (Å²) >= 11 is 6.02. The number of carbonyl (C=O) groups is 1. The lowest BCUT2D eigenvalue weighted by Crippen LogP contribution is -2.20. The minimum atomic E-state index is -1.06. The molecule has 0 atom stereocenters. The first-order valence-corrected chi connectivity index (χ1v) is 7.02. The SMILES string of the molecule is Cc1ccc(-c2nc3ccc(Cl)cc3n2OCC(=O)O)cc1. The molecule has 0 amide bonds. The van der Waals surface area contributed by atoms with Crippen molar-refractivity contribution >= 4 is 28.6 Å². The van der Waals surface area contributed by atoms with Gasteiger partial charge in [-0.05, 0) is 25.1 Å². The molecule has 0 saturated heterocycles. The van der Waals surface area contributed by atoms with E-state index in [4.69, 9.17) is 21.5 Å². The molecule has 0 radical (unpaired) electrons. The normalized spacial score (nSPS) is 10.8. The highest BCUT2D eigenvalue weighted by molar-refractivity contribution is 6.31. The number of nitrogens with zero attached hydrogens (tertiary/aromatic N) is 2. The Kier molecular flexibility index (Phi) is 3.73. The largest absolute Gasteiger partial charge is 0.479 e. The molecule has 0 saturated carbocycles. The summed E-state index contributed by atoms with van der Waals surface area (Å²) in [7, 11) is 0. The maximum absolute atomic E-state index is 10.8. The topological polar surface area (TPSA) is 64.4 Å². The molecule has 0 aliphatic heterocycles. The maximum Gasteiger partial charge on any atom is 0.344 e. The van der Waals surface area contributed by atoms with Gasteiger partial charge >= 0.3 is 5.97 Å². The van der Waals surface area contributed by atoms with E-state index in [0.717, 1.165) is 11.1 Å².